The van der Waals surface area contributed by atoms with Crippen molar-refractivity contribution in [2.45, 2.75) is 52.9 Å². The fourth-order valence-electron chi connectivity index (χ4n) is 2.08. The van der Waals surface area contributed by atoms with E-state index >= 15 is 0 Å². The number of ether oxygens (including phenoxy) is 1. The molecule has 0 saturated heterocycles. The molecule has 0 bridgehead atoms. The molecule has 1 nitrogen and oxygen atoms in total. The molecule has 1 aromatic rings. The lowest BCUT2D eigenvalue weighted by Crippen LogP contribution is -1.95. The summed E-state index contributed by atoms with van der Waals surface area (Å²) in [5, 5.41) is 0. The summed E-state index contributed by atoms with van der Waals surface area (Å²) in [6, 6.07) is 4.44. The Morgan fingerprint density at radius 3 is 2.38 bits per heavy atom. The van der Waals surface area contributed by atoms with Crippen LogP contribution in [-0.4, -0.2) is 7.11 Å². The van der Waals surface area contributed by atoms with Crippen molar-refractivity contribution in [1.82, 2.24) is 0 Å². The van der Waals surface area contributed by atoms with Gasteiger partial charge in [0, 0.05) is 0 Å². The van der Waals surface area contributed by atoms with Crippen molar-refractivity contribution in [1.29, 1.82) is 0 Å². The van der Waals surface area contributed by atoms with Crippen molar-refractivity contribution in [3.63, 3.8) is 0 Å². The van der Waals surface area contributed by atoms with Gasteiger partial charge in [0.05, 0.1) is 7.11 Å². The number of hydrogen-bond acceptors (Lipinski definition) is 1. The van der Waals surface area contributed by atoms with Crippen LogP contribution in [0, 0.1) is 13.8 Å². The van der Waals surface area contributed by atoms with Gasteiger partial charge in [0.2, 0.25) is 0 Å². The number of aryl methyl sites for hydroxylation is 3. The molecule has 1 aromatic carbocycles. The molecule has 0 aliphatic heterocycles. The van der Waals surface area contributed by atoms with Crippen LogP contribution in [0.2, 0.25) is 0 Å². The zero-order valence-electron chi connectivity index (χ0n) is 11.1. The van der Waals surface area contributed by atoms with Crippen LogP contribution < -0.4 is 4.74 Å². The predicted octanol–water partition coefficient (Wildman–Crippen LogP) is 4.43. The number of hydrogen-bond donors (Lipinski definition) is 0. The molecule has 0 radical (unpaired) electrons. The van der Waals surface area contributed by atoms with Crippen LogP contribution in [0.1, 0.15) is 49.3 Å². The third-order valence-corrected chi connectivity index (χ3v) is 3.15. The van der Waals surface area contributed by atoms with E-state index in [0.717, 1.165) is 5.75 Å². The molecule has 0 N–H and O–H groups in total. The molecule has 0 unspecified atom stereocenters. The fourth-order valence-corrected chi connectivity index (χ4v) is 2.08. The number of unbranched alkanes of at least 4 members (excludes halogenated alkanes) is 3. The molecule has 0 aliphatic rings. The Morgan fingerprint density at radius 2 is 1.75 bits per heavy atom. The summed E-state index contributed by atoms with van der Waals surface area (Å²) in [5.41, 5.74) is 4.09. The Hall–Kier alpha value is -0.980. The van der Waals surface area contributed by atoms with E-state index < -0.39 is 0 Å². The van der Waals surface area contributed by atoms with Crippen LogP contribution in [0.3, 0.4) is 0 Å². The van der Waals surface area contributed by atoms with E-state index in [1.165, 1.54) is 48.8 Å². The molecule has 0 aliphatic carbocycles. The van der Waals surface area contributed by atoms with Gasteiger partial charge in [0.25, 0.3) is 0 Å². The van der Waals surface area contributed by atoms with Crippen molar-refractivity contribution in [3.05, 3.63) is 28.8 Å². The van der Waals surface area contributed by atoms with Gasteiger partial charge >= 0.3 is 0 Å². The minimum Gasteiger partial charge on any atom is -0.496 e. The Bertz CT molecular complexity index is 328. The standard InChI is InChI=1S/C15H24O/c1-5-6-7-8-9-14-10-13(3)15(16-4)11-12(14)2/h10-11H,5-9H2,1-4H3. The summed E-state index contributed by atoms with van der Waals surface area (Å²) in [6.07, 6.45) is 6.52. The average Bonchev–Trinajstić information content (AvgIpc) is 2.28. The molecule has 1 heteroatoms. The third-order valence-electron chi connectivity index (χ3n) is 3.15. The van der Waals surface area contributed by atoms with Gasteiger partial charge in [-0.25, -0.2) is 0 Å². The van der Waals surface area contributed by atoms with Gasteiger partial charge in [-0.3, -0.25) is 0 Å². The largest absolute Gasteiger partial charge is 0.496 e. The lowest BCUT2D eigenvalue weighted by Gasteiger charge is -2.11. The van der Waals surface area contributed by atoms with Gasteiger partial charge in [-0.1, -0.05) is 32.3 Å². The molecule has 0 amide bonds. The number of benzene rings is 1. The highest BCUT2D eigenvalue weighted by Crippen LogP contribution is 2.23. The number of methoxy groups -OCH3 is 1. The van der Waals surface area contributed by atoms with E-state index in [-0.39, 0.29) is 0 Å². The van der Waals surface area contributed by atoms with Crippen molar-refractivity contribution in [3.8, 4) is 5.75 Å². The lowest BCUT2D eigenvalue weighted by molar-refractivity contribution is 0.411. The van der Waals surface area contributed by atoms with Crippen LogP contribution in [0.5, 0.6) is 5.75 Å². The molecule has 0 fully saturated rings. The monoisotopic (exact) mass is 220 g/mol. The molecule has 0 aromatic heterocycles. The maximum absolute atomic E-state index is 5.32. The lowest BCUT2D eigenvalue weighted by atomic mass is 9.99. The molecule has 1 rings (SSSR count). The summed E-state index contributed by atoms with van der Waals surface area (Å²) >= 11 is 0. The second-order valence-electron chi connectivity index (χ2n) is 4.56. The van der Waals surface area contributed by atoms with Gasteiger partial charge in [0.1, 0.15) is 5.75 Å². The summed E-state index contributed by atoms with van der Waals surface area (Å²) in [5.74, 6) is 1.01. The summed E-state index contributed by atoms with van der Waals surface area (Å²) in [4.78, 5) is 0. The van der Waals surface area contributed by atoms with Crippen molar-refractivity contribution >= 4 is 0 Å². The first kappa shape index (κ1) is 13.1. The third kappa shape index (κ3) is 3.55. The predicted molar refractivity (Wildman–Crippen MR) is 70.3 cm³/mol. The molecule has 0 spiro atoms. The van der Waals surface area contributed by atoms with Gasteiger partial charge < -0.3 is 4.74 Å². The Kier molecular flexibility index (Phi) is 5.37. The second-order valence-corrected chi connectivity index (χ2v) is 4.56. The number of rotatable bonds is 6. The van der Waals surface area contributed by atoms with E-state index in [1.54, 1.807) is 7.11 Å². The van der Waals surface area contributed by atoms with Crippen LogP contribution in [-0.2, 0) is 6.42 Å². The van der Waals surface area contributed by atoms with E-state index in [9.17, 15) is 0 Å². The molecule has 0 atom stereocenters. The van der Waals surface area contributed by atoms with Crippen molar-refractivity contribution in [2.75, 3.05) is 7.11 Å². The highest BCUT2D eigenvalue weighted by molar-refractivity contribution is 5.41. The SMILES string of the molecule is CCCCCCc1cc(C)c(OC)cc1C. The normalized spacial score (nSPS) is 10.5. The van der Waals surface area contributed by atoms with Gasteiger partial charge in [-0.05, 0) is 49.4 Å². The topological polar surface area (TPSA) is 9.23 Å². The van der Waals surface area contributed by atoms with E-state index in [0.29, 0.717) is 0 Å². The minimum atomic E-state index is 1.01. The first-order valence-electron chi connectivity index (χ1n) is 6.33. The molecular formula is C15H24O. The van der Waals surface area contributed by atoms with E-state index in [4.69, 9.17) is 4.74 Å². The van der Waals surface area contributed by atoms with E-state index in [1.807, 2.05) is 0 Å². The fraction of sp³-hybridized carbons (Fsp3) is 0.600. The second kappa shape index (κ2) is 6.57. The Balaban J connectivity index is 2.63. The highest BCUT2D eigenvalue weighted by atomic mass is 16.5. The van der Waals surface area contributed by atoms with Crippen molar-refractivity contribution < 1.29 is 4.74 Å². The maximum atomic E-state index is 5.32. The van der Waals surface area contributed by atoms with Gasteiger partial charge in [0.15, 0.2) is 0 Å². The Morgan fingerprint density at radius 1 is 1.00 bits per heavy atom. The first-order valence-corrected chi connectivity index (χ1v) is 6.33. The smallest absolute Gasteiger partial charge is 0.122 e. The Labute approximate surface area is 99.8 Å². The maximum Gasteiger partial charge on any atom is 0.122 e. The summed E-state index contributed by atoms with van der Waals surface area (Å²) in [6.45, 7) is 6.55. The summed E-state index contributed by atoms with van der Waals surface area (Å²) in [7, 11) is 1.74. The van der Waals surface area contributed by atoms with Crippen LogP contribution in [0.15, 0.2) is 12.1 Å². The van der Waals surface area contributed by atoms with Crippen LogP contribution >= 0.6 is 0 Å². The summed E-state index contributed by atoms with van der Waals surface area (Å²) < 4.78 is 5.32. The zero-order valence-corrected chi connectivity index (χ0v) is 11.1. The molecule has 16 heavy (non-hydrogen) atoms. The average molecular weight is 220 g/mol. The van der Waals surface area contributed by atoms with Crippen LogP contribution in [0.4, 0.5) is 0 Å². The van der Waals surface area contributed by atoms with E-state index in [2.05, 4.69) is 32.9 Å². The van der Waals surface area contributed by atoms with Gasteiger partial charge in [-0.15, -0.1) is 0 Å². The highest BCUT2D eigenvalue weighted by Gasteiger charge is 2.04. The molecular weight excluding hydrogens is 196 g/mol. The minimum absolute atomic E-state index is 1.01. The van der Waals surface area contributed by atoms with Crippen molar-refractivity contribution in [2.24, 2.45) is 0 Å². The zero-order chi connectivity index (χ0) is 12.0. The molecule has 0 heterocycles. The first-order chi connectivity index (χ1) is 7.69. The van der Waals surface area contributed by atoms with Crippen LogP contribution in [0.25, 0.3) is 0 Å². The molecule has 90 valence electrons. The quantitative estimate of drug-likeness (QED) is 0.644. The van der Waals surface area contributed by atoms with Gasteiger partial charge in [-0.2, -0.15) is 0 Å². The molecule has 0 saturated carbocycles.